The molecule has 0 radical (unpaired) electrons. The van der Waals surface area contributed by atoms with Gasteiger partial charge in [-0.25, -0.2) is 4.39 Å². The van der Waals surface area contributed by atoms with E-state index in [4.69, 9.17) is 4.74 Å². The number of hydrogen-bond donors (Lipinski definition) is 1. The summed E-state index contributed by atoms with van der Waals surface area (Å²) in [5.74, 6) is -0.718. The zero-order chi connectivity index (χ0) is 24.0. The first kappa shape index (κ1) is 21.4. The van der Waals surface area contributed by atoms with E-state index in [0.29, 0.717) is 5.69 Å². The molecule has 1 aromatic heterocycles. The Morgan fingerprint density at radius 1 is 1.00 bits per heavy atom. The fraction of sp³-hybridized carbons (Fsp3) is 0.346. The standard InChI is InChI=1S/C26H21FN2O4S2/c1-33-16-5-3-2-4-13(16)17-18-14-10-15(21(18)34-23-22(17)35-26(32)28-23)20-19(14)24(30)29(25(20)31)12-8-6-11(27)7-9-12/h2-9,14-15,17-21H,10H2,1H3,(H,28,32)/t14-,15+,17-,18+,19-,20+,21-/m1/s1. The number of aromatic amines is 1. The number of anilines is 1. The van der Waals surface area contributed by atoms with Crippen molar-refractivity contribution in [2.45, 2.75) is 22.6 Å². The number of fused-ring (bicyclic) bond motifs is 9. The highest BCUT2D eigenvalue weighted by Gasteiger charge is 2.69. The molecule has 2 saturated carbocycles. The summed E-state index contributed by atoms with van der Waals surface area (Å²) < 4.78 is 19.2. The first-order valence-electron chi connectivity index (χ1n) is 11.6. The summed E-state index contributed by atoms with van der Waals surface area (Å²) in [6.45, 7) is 0. The number of amides is 2. The second-order valence-corrected chi connectivity index (χ2v) is 11.9. The third-order valence-corrected chi connectivity index (χ3v) is 10.9. The molecule has 7 atom stereocenters. The topological polar surface area (TPSA) is 79.5 Å². The SMILES string of the molecule is COc1ccccc1[C@H]1c2sc(=O)[nH]c2S[C@@H]2[C@H]3C[C@@H]([C@H]4C(=O)N(c5ccc(F)cc5)C(=O)[C@@H]34)[C@@H]12. The van der Waals surface area contributed by atoms with Crippen molar-refractivity contribution in [1.29, 1.82) is 0 Å². The highest BCUT2D eigenvalue weighted by Crippen LogP contribution is 2.69. The quantitative estimate of drug-likeness (QED) is 0.535. The molecular formula is C26H21FN2O4S2. The van der Waals surface area contributed by atoms with Gasteiger partial charge in [0, 0.05) is 21.6 Å². The van der Waals surface area contributed by atoms with Crippen LogP contribution in [0.1, 0.15) is 22.8 Å². The smallest absolute Gasteiger partial charge is 0.305 e. The van der Waals surface area contributed by atoms with Crippen LogP contribution in [0.2, 0.25) is 0 Å². The fourth-order valence-corrected chi connectivity index (χ4v) is 10.0. The summed E-state index contributed by atoms with van der Waals surface area (Å²) in [6, 6.07) is 13.4. The van der Waals surface area contributed by atoms with E-state index in [0.717, 1.165) is 27.6 Å². The Kier molecular flexibility index (Phi) is 4.61. The zero-order valence-electron chi connectivity index (χ0n) is 18.6. The normalized spacial score (nSPS) is 32.5. The van der Waals surface area contributed by atoms with Gasteiger partial charge in [-0.15, -0.1) is 11.8 Å². The lowest BCUT2D eigenvalue weighted by molar-refractivity contribution is -0.123. The van der Waals surface area contributed by atoms with Crippen molar-refractivity contribution in [2.24, 2.45) is 29.6 Å². The Balaban J connectivity index is 1.34. The van der Waals surface area contributed by atoms with Crippen molar-refractivity contribution in [3.05, 3.63) is 74.5 Å². The van der Waals surface area contributed by atoms with Gasteiger partial charge in [-0.05, 0) is 54.5 Å². The summed E-state index contributed by atoms with van der Waals surface area (Å²) in [4.78, 5) is 44.8. The summed E-state index contributed by atoms with van der Waals surface area (Å²) in [7, 11) is 1.64. The van der Waals surface area contributed by atoms with Crippen LogP contribution in [0.3, 0.4) is 0 Å². The molecular weight excluding hydrogens is 487 g/mol. The Labute approximate surface area is 208 Å². The van der Waals surface area contributed by atoms with Gasteiger partial charge in [0.2, 0.25) is 11.8 Å². The number of benzene rings is 2. The second-order valence-electron chi connectivity index (χ2n) is 9.69. The number of nitrogens with one attached hydrogen (secondary N) is 1. The van der Waals surface area contributed by atoms with Crippen molar-refractivity contribution < 1.29 is 18.7 Å². The largest absolute Gasteiger partial charge is 0.496 e. The molecule has 1 saturated heterocycles. The molecule has 1 N–H and O–H groups in total. The lowest BCUT2D eigenvalue weighted by Crippen LogP contribution is -2.42. The van der Waals surface area contributed by atoms with E-state index >= 15 is 0 Å². The average Bonchev–Trinajstić information content (AvgIpc) is 3.59. The van der Waals surface area contributed by atoms with Gasteiger partial charge in [0.15, 0.2) is 0 Å². The highest BCUT2D eigenvalue weighted by atomic mass is 32.2. The van der Waals surface area contributed by atoms with E-state index in [9.17, 15) is 18.8 Å². The molecule has 3 fully saturated rings. The number of thiazole rings is 1. The molecule has 2 amide bonds. The van der Waals surface area contributed by atoms with Crippen LogP contribution in [0.25, 0.3) is 0 Å². The minimum Gasteiger partial charge on any atom is -0.496 e. The van der Waals surface area contributed by atoms with Crippen LogP contribution in [0, 0.1) is 35.4 Å². The van der Waals surface area contributed by atoms with E-state index in [2.05, 4.69) is 4.98 Å². The van der Waals surface area contributed by atoms with Crippen molar-refractivity contribution in [3.8, 4) is 5.75 Å². The van der Waals surface area contributed by atoms with E-state index in [1.807, 2.05) is 24.3 Å². The number of para-hydroxylation sites is 1. The molecule has 7 rings (SSSR count). The molecule has 3 heterocycles. The number of carbonyl (C=O) groups is 2. The first-order valence-corrected chi connectivity index (χ1v) is 13.3. The van der Waals surface area contributed by atoms with Gasteiger partial charge >= 0.3 is 4.87 Å². The predicted octanol–water partition coefficient (Wildman–Crippen LogP) is 4.26. The molecule has 178 valence electrons. The van der Waals surface area contributed by atoms with Gasteiger partial charge in [-0.1, -0.05) is 29.5 Å². The molecule has 6 nitrogen and oxygen atoms in total. The number of thioether (sulfide) groups is 1. The summed E-state index contributed by atoms with van der Waals surface area (Å²) in [6.07, 6.45) is 0.817. The van der Waals surface area contributed by atoms with Crippen molar-refractivity contribution in [3.63, 3.8) is 0 Å². The summed E-state index contributed by atoms with van der Waals surface area (Å²) in [5.41, 5.74) is 1.44. The van der Waals surface area contributed by atoms with Crippen LogP contribution in [-0.2, 0) is 9.59 Å². The van der Waals surface area contributed by atoms with Gasteiger partial charge in [0.05, 0.1) is 29.7 Å². The number of rotatable bonds is 3. The number of methoxy groups -OCH3 is 1. The van der Waals surface area contributed by atoms with E-state index in [1.165, 1.54) is 40.5 Å². The van der Waals surface area contributed by atoms with Crippen LogP contribution >= 0.6 is 23.1 Å². The maximum absolute atomic E-state index is 13.7. The van der Waals surface area contributed by atoms with Crippen LogP contribution in [0.15, 0.2) is 58.4 Å². The molecule has 4 aliphatic rings. The van der Waals surface area contributed by atoms with Gasteiger partial charge in [-0.3, -0.25) is 19.3 Å². The lowest BCUT2D eigenvalue weighted by Gasteiger charge is -2.43. The number of H-pyrrole nitrogens is 1. The number of aromatic nitrogens is 1. The molecule has 3 aromatic rings. The van der Waals surface area contributed by atoms with E-state index < -0.39 is 11.7 Å². The van der Waals surface area contributed by atoms with Gasteiger partial charge < -0.3 is 9.72 Å². The molecule has 2 aromatic carbocycles. The van der Waals surface area contributed by atoms with E-state index in [-0.39, 0.29) is 51.5 Å². The Morgan fingerprint density at radius 3 is 2.46 bits per heavy atom. The molecule has 2 bridgehead atoms. The highest BCUT2D eigenvalue weighted by molar-refractivity contribution is 8.00. The number of nitrogens with zero attached hydrogens (tertiary/aromatic N) is 1. The van der Waals surface area contributed by atoms with Crippen LogP contribution < -0.4 is 14.5 Å². The van der Waals surface area contributed by atoms with Crippen molar-refractivity contribution >= 4 is 40.6 Å². The van der Waals surface area contributed by atoms with Crippen molar-refractivity contribution in [2.75, 3.05) is 12.0 Å². The first-order chi connectivity index (χ1) is 17.0. The van der Waals surface area contributed by atoms with Gasteiger partial charge in [0.1, 0.15) is 11.6 Å². The molecule has 35 heavy (non-hydrogen) atoms. The third kappa shape index (κ3) is 2.85. The monoisotopic (exact) mass is 508 g/mol. The molecule has 0 unspecified atom stereocenters. The number of hydrogen-bond acceptors (Lipinski definition) is 6. The van der Waals surface area contributed by atoms with Crippen LogP contribution in [0.4, 0.5) is 10.1 Å². The Morgan fingerprint density at radius 2 is 1.71 bits per heavy atom. The minimum atomic E-state index is -0.407. The number of ether oxygens (including phenoxy) is 1. The lowest BCUT2D eigenvalue weighted by atomic mass is 9.68. The maximum atomic E-state index is 13.7. The number of imide groups is 1. The molecule has 9 heteroatoms. The molecule has 0 spiro atoms. The Bertz CT molecular complexity index is 1430. The number of halogens is 1. The summed E-state index contributed by atoms with van der Waals surface area (Å²) >= 11 is 2.89. The Hall–Kier alpha value is -2.91. The molecule has 2 aliphatic heterocycles. The third-order valence-electron chi connectivity index (χ3n) is 8.28. The fourth-order valence-electron chi connectivity index (χ4n) is 7.13. The van der Waals surface area contributed by atoms with Crippen LogP contribution in [-0.4, -0.2) is 29.2 Å². The minimum absolute atomic E-state index is 0.0182. The predicted molar refractivity (Wildman–Crippen MR) is 130 cm³/mol. The van der Waals surface area contributed by atoms with Gasteiger partial charge in [0.25, 0.3) is 0 Å². The second kappa shape index (κ2) is 7.54. The van der Waals surface area contributed by atoms with Gasteiger partial charge in [-0.2, -0.15) is 0 Å². The number of carbonyl (C=O) groups excluding carboxylic acids is 2. The average molecular weight is 509 g/mol. The zero-order valence-corrected chi connectivity index (χ0v) is 20.3. The van der Waals surface area contributed by atoms with Crippen molar-refractivity contribution in [1.82, 2.24) is 4.98 Å². The summed E-state index contributed by atoms with van der Waals surface area (Å²) in [5, 5.41) is 0.979. The maximum Gasteiger partial charge on any atom is 0.305 e. The molecule has 2 aliphatic carbocycles. The van der Waals surface area contributed by atoms with E-state index in [1.54, 1.807) is 18.9 Å². The van der Waals surface area contributed by atoms with Crippen LogP contribution in [0.5, 0.6) is 5.75 Å².